The molecule has 0 bridgehead atoms. The van der Waals surface area contributed by atoms with Crippen LogP contribution in [0.4, 0.5) is 0 Å². The van der Waals surface area contributed by atoms with Crippen molar-refractivity contribution in [1.29, 1.82) is 0 Å². The van der Waals surface area contributed by atoms with E-state index in [2.05, 4.69) is 4.98 Å². The highest BCUT2D eigenvalue weighted by Crippen LogP contribution is 2.33. The number of carbonyl (C=O) groups excluding carboxylic acids is 1. The molecule has 0 aromatic carbocycles. The zero-order valence-corrected chi connectivity index (χ0v) is 16.3. The van der Waals surface area contributed by atoms with Gasteiger partial charge >= 0.3 is 0 Å². The van der Waals surface area contributed by atoms with Crippen LogP contribution < -0.4 is 0 Å². The summed E-state index contributed by atoms with van der Waals surface area (Å²) in [4.78, 5) is 19.1. The third-order valence-electron chi connectivity index (χ3n) is 5.29. The van der Waals surface area contributed by atoms with E-state index in [1.807, 2.05) is 25.1 Å². The Bertz CT molecular complexity index is 757. The van der Waals surface area contributed by atoms with E-state index < -0.39 is 15.6 Å². The molecule has 8 heteroatoms. The van der Waals surface area contributed by atoms with E-state index in [1.165, 1.54) is 4.31 Å². The molecule has 144 valence electrons. The van der Waals surface area contributed by atoms with Gasteiger partial charge in [-0.3, -0.25) is 9.78 Å². The fourth-order valence-electron chi connectivity index (χ4n) is 3.66. The molecule has 3 heterocycles. The predicted molar refractivity (Wildman–Crippen MR) is 98.0 cm³/mol. The van der Waals surface area contributed by atoms with Gasteiger partial charge in [-0.15, -0.1) is 0 Å². The summed E-state index contributed by atoms with van der Waals surface area (Å²) in [6, 6.07) is 5.81. The van der Waals surface area contributed by atoms with Gasteiger partial charge in [-0.1, -0.05) is 6.07 Å². The summed E-state index contributed by atoms with van der Waals surface area (Å²) in [6.07, 6.45) is 1.43. The molecule has 0 unspecified atom stereocenters. The van der Waals surface area contributed by atoms with Gasteiger partial charge in [0.05, 0.1) is 36.6 Å². The second-order valence-electron chi connectivity index (χ2n) is 7.09. The van der Waals surface area contributed by atoms with Crippen molar-refractivity contribution in [3.63, 3.8) is 0 Å². The number of hydrogen-bond acceptors (Lipinski definition) is 5. The second-order valence-corrected chi connectivity index (χ2v) is 9.35. The van der Waals surface area contributed by atoms with Crippen LogP contribution in [0.15, 0.2) is 18.2 Å². The first-order chi connectivity index (χ1) is 12.3. The van der Waals surface area contributed by atoms with Gasteiger partial charge in [0.1, 0.15) is 0 Å². The van der Waals surface area contributed by atoms with Crippen molar-refractivity contribution in [2.24, 2.45) is 0 Å². The summed E-state index contributed by atoms with van der Waals surface area (Å²) in [5, 5.41) is 0. The van der Waals surface area contributed by atoms with Crippen molar-refractivity contribution in [2.45, 2.75) is 45.3 Å². The van der Waals surface area contributed by atoms with Crippen molar-refractivity contribution in [1.82, 2.24) is 14.2 Å². The average molecular weight is 381 g/mol. The highest BCUT2D eigenvalue weighted by molar-refractivity contribution is 7.89. The fraction of sp³-hybridized carbons (Fsp3) is 0.667. The fourth-order valence-corrected chi connectivity index (χ4v) is 4.77. The van der Waals surface area contributed by atoms with Crippen LogP contribution in [0, 0.1) is 6.92 Å². The van der Waals surface area contributed by atoms with Gasteiger partial charge in [0.15, 0.2) is 0 Å². The molecule has 2 saturated heterocycles. The van der Waals surface area contributed by atoms with Crippen LogP contribution >= 0.6 is 0 Å². The number of rotatable bonds is 4. The van der Waals surface area contributed by atoms with Crippen LogP contribution in [0.2, 0.25) is 0 Å². The first-order valence-corrected chi connectivity index (χ1v) is 10.8. The quantitative estimate of drug-likeness (QED) is 0.786. The smallest absolute Gasteiger partial charge is 0.225 e. The Kier molecular flexibility index (Phi) is 5.64. The summed E-state index contributed by atoms with van der Waals surface area (Å²) in [5.74, 6) is 0.162. The molecule has 0 aliphatic carbocycles. The molecule has 0 radical (unpaired) electrons. The highest BCUT2D eigenvalue weighted by Gasteiger charge is 2.42. The minimum Gasteiger partial charge on any atom is -0.373 e. The van der Waals surface area contributed by atoms with Crippen LogP contribution in [0.3, 0.4) is 0 Å². The summed E-state index contributed by atoms with van der Waals surface area (Å²) < 4.78 is 31.7. The van der Waals surface area contributed by atoms with Gasteiger partial charge in [0.2, 0.25) is 15.9 Å². The molecule has 1 aromatic heterocycles. The SMILES string of the molecule is CCS(=O)(=O)N1CCC2(CC1)CC(=O)N(Cc1cccc(C)n1)CCO2. The number of pyridine rings is 1. The van der Waals surface area contributed by atoms with Crippen molar-refractivity contribution in [3.05, 3.63) is 29.6 Å². The maximum atomic E-state index is 12.8. The predicted octanol–water partition coefficient (Wildman–Crippen LogP) is 1.32. The molecule has 1 aromatic rings. The van der Waals surface area contributed by atoms with Crippen LogP contribution in [-0.4, -0.2) is 66.1 Å². The Balaban J connectivity index is 1.64. The van der Waals surface area contributed by atoms with E-state index in [4.69, 9.17) is 4.74 Å². The standard InChI is InChI=1S/C18H27N3O4S/c1-3-26(23,24)21-9-7-18(8-10-21)13-17(22)20(11-12-25-18)14-16-6-4-5-15(2)19-16/h4-6H,3,7-14H2,1-2H3. The lowest BCUT2D eigenvalue weighted by molar-refractivity contribution is -0.135. The zero-order valence-electron chi connectivity index (χ0n) is 15.5. The number of sulfonamides is 1. The molecule has 0 atom stereocenters. The van der Waals surface area contributed by atoms with E-state index in [0.717, 1.165) is 11.4 Å². The molecule has 2 aliphatic rings. The van der Waals surface area contributed by atoms with Gasteiger partial charge in [-0.25, -0.2) is 12.7 Å². The third-order valence-corrected chi connectivity index (χ3v) is 7.17. The average Bonchev–Trinajstić information content (AvgIpc) is 2.75. The van der Waals surface area contributed by atoms with Crippen molar-refractivity contribution >= 4 is 15.9 Å². The normalized spacial score (nSPS) is 21.8. The second kappa shape index (κ2) is 7.62. The van der Waals surface area contributed by atoms with E-state index in [9.17, 15) is 13.2 Å². The Hall–Kier alpha value is -1.51. The van der Waals surface area contributed by atoms with E-state index in [0.29, 0.717) is 52.0 Å². The third kappa shape index (κ3) is 4.24. The minimum atomic E-state index is -3.18. The van der Waals surface area contributed by atoms with Crippen LogP contribution in [0.1, 0.15) is 37.6 Å². The summed E-state index contributed by atoms with van der Waals surface area (Å²) in [5.41, 5.74) is 1.27. The lowest BCUT2D eigenvalue weighted by Gasteiger charge is -2.39. The van der Waals surface area contributed by atoms with Crippen molar-refractivity contribution < 1.29 is 17.9 Å². The summed E-state index contributed by atoms with van der Waals surface area (Å²) in [7, 11) is -3.18. The van der Waals surface area contributed by atoms with Crippen LogP contribution in [0.5, 0.6) is 0 Å². The first kappa shape index (κ1) is 19.3. The van der Waals surface area contributed by atoms with E-state index in [-0.39, 0.29) is 11.7 Å². The molecule has 0 saturated carbocycles. The molecule has 1 spiro atoms. The molecular formula is C18H27N3O4S. The number of aryl methyl sites for hydroxylation is 1. The Morgan fingerprint density at radius 1 is 1.23 bits per heavy atom. The molecule has 0 N–H and O–H groups in total. The maximum Gasteiger partial charge on any atom is 0.225 e. The summed E-state index contributed by atoms with van der Waals surface area (Å²) >= 11 is 0. The molecule has 1 amide bonds. The van der Waals surface area contributed by atoms with Gasteiger partial charge in [-0.05, 0) is 38.8 Å². The maximum absolute atomic E-state index is 12.8. The van der Waals surface area contributed by atoms with Gasteiger partial charge < -0.3 is 9.64 Å². The molecule has 26 heavy (non-hydrogen) atoms. The minimum absolute atomic E-state index is 0.0533. The Labute approximate surface area is 155 Å². The van der Waals surface area contributed by atoms with E-state index in [1.54, 1.807) is 11.8 Å². The Morgan fingerprint density at radius 3 is 2.62 bits per heavy atom. The largest absolute Gasteiger partial charge is 0.373 e. The number of hydrogen-bond donors (Lipinski definition) is 0. The van der Waals surface area contributed by atoms with Crippen molar-refractivity contribution in [3.8, 4) is 0 Å². The Morgan fingerprint density at radius 2 is 1.96 bits per heavy atom. The van der Waals surface area contributed by atoms with Crippen molar-refractivity contribution in [2.75, 3.05) is 32.0 Å². The molecule has 7 nitrogen and oxygen atoms in total. The molecule has 2 fully saturated rings. The van der Waals surface area contributed by atoms with Gasteiger partial charge in [0, 0.05) is 25.3 Å². The number of carbonyl (C=O) groups is 1. The monoisotopic (exact) mass is 381 g/mol. The van der Waals surface area contributed by atoms with Crippen LogP contribution in [-0.2, 0) is 26.1 Å². The molecule has 2 aliphatic heterocycles. The van der Waals surface area contributed by atoms with Gasteiger partial charge in [0.25, 0.3) is 0 Å². The lowest BCUT2D eigenvalue weighted by atomic mass is 9.88. The number of aromatic nitrogens is 1. The first-order valence-electron chi connectivity index (χ1n) is 9.16. The number of ether oxygens (including phenoxy) is 1. The highest BCUT2D eigenvalue weighted by atomic mass is 32.2. The topological polar surface area (TPSA) is 79.8 Å². The molecular weight excluding hydrogens is 354 g/mol. The van der Waals surface area contributed by atoms with Crippen LogP contribution in [0.25, 0.3) is 0 Å². The molecule has 3 rings (SSSR count). The number of amides is 1. The van der Waals surface area contributed by atoms with E-state index >= 15 is 0 Å². The van der Waals surface area contributed by atoms with Gasteiger partial charge in [-0.2, -0.15) is 0 Å². The zero-order chi connectivity index (χ0) is 18.8. The lowest BCUT2D eigenvalue weighted by Crippen LogP contribution is -2.49. The summed E-state index contributed by atoms with van der Waals surface area (Å²) in [6.45, 7) is 5.92. The number of nitrogens with zero attached hydrogens (tertiary/aromatic N) is 3. The number of piperidine rings is 1.